The molecular weight excluding hydrogens is 370 g/mol. The van der Waals surface area contributed by atoms with Crippen LogP contribution in [-0.2, 0) is 4.79 Å². The molecule has 1 aromatic heterocycles. The summed E-state index contributed by atoms with van der Waals surface area (Å²) in [5.74, 6) is 6.58. The zero-order valence-electron chi connectivity index (χ0n) is 15.2. The van der Waals surface area contributed by atoms with Gasteiger partial charge in [0.1, 0.15) is 0 Å². The molecule has 0 bridgehead atoms. The van der Waals surface area contributed by atoms with Crippen molar-refractivity contribution in [2.75, 3.05) is 11.2 Å². The minimum absolute atomic E-state index is 0.121. The second-order valence-corrected chi connectivity index (χ2v) is 7.66. The van der Waals surface area contributed by atoms with Crippen LogP contribution in [-0.4, -0.2) is 26.0 Å². The van der Waals surface area contributed by atoms with Crippen LogP contribution in [0, 0.1) is 0 Å². The van der Waals surface area contributed by atoms with Gasteiger partial charge >= 0.3 is 0 Å². The zero-order chi connectivity index (χ0) is 19.5. The molecule has 0 saturated carbocycles. The smallest absolute Gasteiger partial charge is 0.237 e. The predicted octanol–water partition coefficient (Wildman–Crippen LogP) is 3.93. The lowest BCUT2D eigenvalue weighted by atomic mass is 10.1. The van der Waals surface area contributed by atoms with Crippen LogP contribution in [0.3, 0.4) is 0 Å². The molecular formula is C21H19N5OS. The Morgan fingerprint density at radius 1 is 1.00 bits per heavy atom. The summed E-state index contributed by atoms with van der Waals surface area (Å²) in [7, 11) is 0. The fraction of sp³-hybridized carbons (Fsp3) is 0.0952. The van der Waals surface area contributed by atoms with Crippen LogP contribution in [0.15, 0.2) is 78.0 Å². The number of nitrogen functional groups attached to an aromatic ring is 1. The summed E-state index contributed by atoms with van der Waals surface area (Å²) >= 11 is 1.27. The minimum Gasteiger partial charge on any atom is -0.335 e. The quantitative estimate of drug-likeness (QED) is 0.399. The maximum Gasteiger partial charge on any atom is 0.237 e. The van der Waals surface area contributed by atoms with E-state index in [0.717, 1.165) is 22.0 Å². The number of benzene rings is 3. The van der Waals surface area contributed by atoms with E-state index in [-0.39, 0.29) is 11.2 Å². The monoisotopic (exact) mass is 389 g/mol. The summed E-state index contributed by atoms with van der Waals surface area (Å²) in [5, 5.41) is 13.5. The highest BCUT2D eigenvalue weighted by Crippen LogP contribution is 2.26. The van der Waals surface area contributed by atoms with Crippen LogP contribution in [0.2, 0.25) is 0 Å². The van der Waals surface area contributed by atoms with Crippen molar-refractivity contribution >= 4 is 34.1 Å². The van der Waals surface area contributed by atoms with Gasteiger partial charge in [-0.1, -0.05) is 72.4 Å². The molecule has 1 unspecified atom stereocenters. The lowest BCUT2D eigenvalue weighted by Gasteiger charge is -2.12. The highest BCUT2D eigenvalue weighted by atomic mass is 32.2. The molecule has 0 aliphatic rings. The summed E-state index contributed by atoms with van der Waals surface area (Å²) in [6, 6.07) is 23.5. The fourth-order valence-electron chi connectivity index (χ4n) is 2.86. The molecule has 0 aliphatic heterocycles. The number of anilines is 1. The largest absolute Gasteiger partial charge is 0.335 e. The van der Waals surface area contributed by atoms with Crippen molar-refractivity contribution in [3.63, 3.8) is 0 Å². The number of amides is 1. The van der Waals surface area contributed by atoms with Crippen molar-refractivity contribution in [3.05, 3.63) is 72.8 Å². The van der Waals surface area contributed by atoms with E-state index in [4.69, 9.17) is 5.84 Å². The normalized spacial score (nSPS) is 12.0. The maximum atomic E-state index is 12.6. The second kappa shape index (κ2) is 7.74. The molecule has 7 heteroatoms. The van der Waals surface area contributed by atoms with Crippen molar-refractivity contribution in [1.82, 2.24) is 14.9 Å². The Kier molecular flexibility index (Phi) is 4.99. The summed E-state index contributed by atoms with van der Waals surface area (Å²) in [6.45, 7) is 1.82. The first kappa shape index (κ1) is 18.1. The molecule has 1 atom stereocenters. The van der Waals surface area contributed by atoms with E-state index < -0.39 is 0 Å². The van der Waals surface area contributed by atoms with Crippen LogP contribution in [0.25, 0.3) is 22.2 Å². The zero-order valence-corrected chi connectivity index (χ0v) is 16.1. The highest BCUT2D eigenvalue weighted by Gasteiger charge is 2.20. The molecule has 1 amide bonds. The van der Waals surface area contributed by atoms with E-state index in [0.29, 0.717) is 11.0 Å². The van der Waals surface area contributed by atoms with Gasteiger partial charge in [-0.15, -0.1) is 10.2 Å². The second-order valence-electron chi connectivity index (χ2n) is 6.35. The molecule has 0 fully saturated rings. The third-order valence-corrected chi connectivity index (χ3v) is 5.42. The van der Waals surface area contributed by atoms with Crippen molar-refractivity contribution in [2.24, 2.45) is 0 Å². The summed E-state index contributed by atoms with van der Waals surface area (Å²) < 4.78 is 1.42. The standard InChI is InChI=1S/C21H19N5OS/c1-14(20(27)23-18-12-11-15-7-5-6-10-17(15)13-18)28-21-25-24-19(26(21)22)16-8-3-2-4-9-16/h2-14H,22H2,1H3,(H,23,27). The molecule has 6 nitrogen and oxygen atoms in total. The molecule has 0 radical (unpaired) electrons. The number of carbonyl (C=O) groups is 1. The fourth-order valence-corrected chi connectivity index (χ4v) is 3.63. The third-order valence-electron chi connectivity index (χ3n) is 4.36. The van der Waals surface area contributed by atoms with Crippen molar-refractivity contribution < 1.29 is 4.79 Å². The van der Waals surface area contributed by atoms with E-state index in [1.54, 1.807) is 0 Å². The van der Waals surface area contributed by atoms with Crippen molar-refractivity contribution in [1.29, 1.82) is 0 Å². The maximum absolute atomic E-state index is 12.6. The van der Waals surface area contributed by atoms with Crippen LogP contribution in [0.1, 0.15) is 6.92 Å². The number of nitrogens with two attached hydrogens (primary N) is 1. The molecule has 3 N–H and O–H groups in total. The third kappa shape index (κ3) is 3.70. The SMILES string of the molecule is CC(Sc1nnc(-c2ccccc2)n1N)C(=O)Nc1ccc2ccccc2c1. The van der Waals surface area contributed by atoms with Gasteiger partial charge in [0.15, 0.2) is 5.82 Å². The molecule has 0 spiro atoms. The molecule has 0 aliphatic carbocycles. The number of fused-ring (bicyclic) bond motifs is 1. The Labute approximate surface area is 166 Å². The van der Waals surface area contributed by atoms with Crippen LogP contribution >= 0.6 is 11.8 Å². The van der Waals surface area contributed by atoms with Crippen molar-refractivity contribution in [3.8, 4) is 11.4 Å². The average molecular weight is 389 g/mol. The number of thioether (sulfide) groups is 1. The lowest BCUT2D eigenvalue weighted by Crippen LogP contribution is -2.23. The van der Waals surface area contributed by atoms with E-state index in [1.807, 2.05) is 79.7 Å². The van der Waals surface area contributed by atoms with Gasteiger partial charge in [-0.05, 0) is 29.8 Å². The Bertz CT molecular complexity index is 1130. The number of carbonyl (C=O) groups excluding carboxylic acids is 1. The Morgan fingerprint density at radius 3 is 2.50 bits per heavy atom. The van der Waals surface area contributed by atoms with Gasteiger partial charge < -0.3 is 11.2 Å². The molecule has 28 heavy (non-hydrogen) atoms. The number of nitrogens with zero attached hydrogens (tertiary/aromatic N) is 3. The number of nitrogens with one attached hydrogen (secondary N) is 1. The summed E-state index contributed by atoms with van der Waals surface area (Å²) in [4.78, 5) is 12.6. The molecule has 1 heterocycles. The van der Waals surface area contributed by atoms with E-state index in [9.17, 15) is 4.79 Å². The Hall–Kier alpha value is -3.32. The molecule has 140 valence electrons. The van der Waals surface area contributed by atoms with E-state index in [1.165, 1.54) is 16.4 Å². The highest BCUT2D eigenvalue weighted by molar-refractivity contribution is 8.00. The number of aromatic nitrogens is 3. The van der Waals surface area contributed by atoms with Crippen LogP contribution < -0.4 is 11.2 Å². The first-order valence-corrected chi connectivity index (χ1v) is 9.72. The molecule has 3 aromatic carbocycles. The van der Waals surface area contributed by atoms with Gasteiger partial charge in [0.05, 0.1) is 5.25 Å². The molecule has 0 saturated heterocycles. The Balaban J connectivity index is 1.46. The average Bonchev–Trinajstić information content (AvgIpc) is 3.08. The number of hydrogen-bond donors (Lipinski definition) is 2. The van der Waals surface area contributed by atoms with Gasteiger partial charge in [-0.25, -0.2) is 4.68 Å². The van der Waals surface area contributed by atoms with Gasteiger partial charge in [-0.2, -0.15) is 0 Å². The van der Waals surface area contributed by atoms with Crippen LogP contribution in [0.4, 0.5) is 5.69 Å². The van der Waals surface area contributed by atoms with Crippen LogP contribution in [0.5, 0.6) is 0 Å². The lowest BCUT2D eigenvalue weighted by molar-refractivity contribution is -0.115. The van der Waals surface area contributed by atoms with Gasteiger partial charge in [0.2, 0.25) is 11.1 Å². The molecule has 4 rings (SSSR count). The predicted molar refractivity (Wildman–Crippen MR) is 114 cm³/mol. The summed E-state index contributed by atoms with van der Waals surface area (Å²) in [5.41, 5.74) is 1.63. The van der Waals surface area contributed by atoms with Crippen molar-refractivity contribution in [2.45, 2.75) is 17.3 Å². The van der Waals surface area contributed by atoms with Gasteiger partial charge in [0, 0.05) is 11.3 Å². The summed E-state index contributed by atoms with van der Waals surface area (Å²) in [6.07, 6.45) is 0. The Morgan fingerprint density at radius 2 is 1.71 bits per heavy atom. The van der Waals surface area contributed by atoms with E-state index in [2.05, 4.69) is 15.5 Å². The number of hydrogen-bond acceptors (Lipinski definition) is 5. The first-order valence-electron chi connectivity index (χ1n) is 8.84. The first-order chi connectivity index (χ1) is 13.6. The van der Waals surface area contributed by atoms with Gasteiger partial charge in [0.25, 0.3) is 0 Å². The minimum atomic E-state index is -0.387. The number of rotatable bonds is 5. The van der Waals surface area contributed by atoms with Gasteiger partial charge in [-0.3, -0.25) is 4.79 Å². The molecule has 4 aromatic rings. The van der Waals surface area contributed by atoms with E-state index >= 15 is 0 Å². The topological polar surface area (TPSA) is 85.8 Å².